The van der Waals surface area contributed by atoms with Crippen LogP contribution in [0.1, 0.15) is 23.1 Å². The highest BCUT2D eigenvalue weighted by atomic mass is 16.5. The molecule has 0 aliphatic heterocycles. The molecular formula is C17H15N3O2. The van der Waals surface area contributed by atoms with E-state index in [1.165, 1.54) is 0 Å². The molecule has 1 fully saturated rings. The number of fused-ring (bicyclic) bond motifs is 1. The van der Waals surface area contributed by atoms with Crippen LogP contribution >= 0.6 is 0 Å². The van der Waals surface area contributed by atoms with Crippen molar-refractivity contribution in [3.05, 3.63) is 72.2 Å². The van der Waals surface area contributed by atoms with Gasteiger partial charge in [-0.1, -0.05) is 36.4 Å². The third-order valence-electron chi connectivity index (χ3n) is 4.40. The molecule has 3 aromatic rings. The van der Waals surface area contributed by atoms with Gasteiger partial charge in [-0.3, -0.25) is 10.0 Å². The van der Waals surface area contributed by atoms with Crippen LogP contribution in [0.3, 0.4) is 0 Å². The number of carbonyl (C=O) groups is 1. The molecule has 0 bridgehead atoms. The second kappa shape index (κ2) is 4.96. The van der Waals surface area contributed by atoms with E-state index in [2.05, 4.69) is 4.98 Å². The van der Waals surface area contributed by atoms with Crippen molar-refractivity contribution in [1.29, 1.82) is 0 Å². The number of hydrogen-bond acceptors (Lipinski definition) is 3. The van der Waals surface area contributed by atoms with Crippen molar-refractivity contribution in [2.75, 3.05) is 0 Å². The molecule has 1 aliphatic carbocycles. The van der Waals surface area contributed by atoms with E-state index >= 15 is 0 Å². The van der Waals surface area contributed by atoms with Gasteiger partial charge in [0.2, 0.25) is 5.91 Å². The Morgan fingerprint density at radius 2 is 1.86 bits per heavy atom. The molecule has 5 nitrogen and oxygen atoms in total. The summed E-state index contributed by atoms with van der Waals surface area (Å²) < 4.78 is 2.01. The predicted molar refractivity (Wildman–Crippen MR) is 80.5 cm³/mol. The van der Waals surface area contributed by atoms with Crippen molar-refractivity contribution in [2.24, 2.45) is 5.92 Å². The average molecular weight is 293 g/mol. The highest BCUT2D eigenvalue weighted by molar-refractivity contribution is 5.84. The molecule has 3 unspecified atom stereocenters. The maximum absolute atomic E-state index is 12.0. The van der Waals surface area contributed by atoms with E-state index < -0.39 is 0 Å². The monoisotopic (exact) mass is 293 g/mol. The van der Waals surface area contributed by atoms with Crippen LogP contribution in [0.2, 0.25) is 0 Å². The number of pyridine rings is 1. The zero-order valence-electron chi connectivity index (χ0n) is 11.8. The Hall–Kier alpha value is -2.66. The number of imidazole rings is 1. The van der Waals surface area contributed by atoms with Crippen LogP contribution in [0.15, 0.2) is 60.9 Å². The van der Waals surface area contributed by atoms with Gasteiger partial charge in [-0.05, 0) is 17.7 Å². The normalized spacial score (nSPS) is 23.4. The second-order valence-electron chi connectivity index (χ2n) is 5.58. The van der Waals surface area contributed by atoms with Gasteiger partial charge < -0.3 is 4.40 Å². The molecule has 0 saturated heterocycles. The average Bonchev–Trinajstić information content (AvgIpc) is 3.18. The van der Waals surface area contributed by atoms with Crippen molar-refractivity contribution < 1.29 is 10.0 Å². The lowest BCUT2D eigenvalue weighted by Crippen LogP contribution is -2.21. The Morgan fingerprint density at radius 3 is 2.64 bits per heavy atom. The van der Waals surface area contributed by atoms with E-state index in [1.807, 2.05) is 65.3 Å². The van der Waals surface area contributed by atoms with Gasteiger partial charge >= 0.3 is 0 Å². The van der Waals surface area contributed by atoms with Crippen LogP contribution in [-0.2, 0) is 4.79 Å². The maximum Gasteiger partial charge on any atom is 0.247 e. The van der Waals surface area contributed by atoms with Crippen LogP contribution in [0, 0.1) is 5.92 Å². The zero-order valence-corrected chi connectivity index (χ0v) is 11.8. The summed E-state index contributed by atoms with van der Waals surface area (Å²) in [6.07, 6.45) is 3.77. The zero-order chi connectivity index (χ0) is 15.1. The van der Waals surface area contributed by atoms with E-state index in [0.717, 1.165) is 16.9 Å². The first-order valence-corrected chi connectivity index (χ1v) is 7.22. The lowest BCUT2D eigenvalue weighted by Gasteiger charge is -2.01. The van der Waals surface area contributed by atoms with Crippen LogP contribution in [0.5, 0.6) is 0 Å². The van der Waals surface area contributed by atoms with E-state index in [0.29, 0.717) is 0 Å². The minimum absolute atomic E-state index is 0.0203. The fourth-order valence-corrected chi connectivity index (χ4v) is 3.37. The molecule has 3 atom stereocenters. The van der Waals surface area contributed by atoms with Crippen molar-refractivity contribution in [3.63, 3.8) is 0 Å². The summed E-state index contributed by atoms with van der Waals surface area (Å²) in [4.78, 5) is 16.4. The largest absolute Gasteiger partial charge is 0.304 e. The molecule has 1 saturated carbocycles. The molecule has 1 aliphatic rings. The predicted octanol–water partition coefficient (Wildman–Crippen LogP) is 2.34. The summed E-state index contributed by atoms with van der Waals surface area (Å²) in [5, 5.41) is 9.02. The Balaban J connectivity index is 1.78. The number of carbonyl (C=O) groups excluding carboxylic acids is 1. The highest BCUT2D eigenvalue weighted by Crippen LogP contribution is 2.60. The number of rotatable bonds is 3. The van der Waals surface area contributed by atoms with E-state index in [9.17, 15) is 4.79 Å². The quantitative estimate of drug-likeness (QED) is 0.575. The van der Waals surface area contributed by atoms with Crippen molar-refractivity contribution in [2.45, 2.75) is 11.8 Å². The lowest BCUT2D eigenvalue weighted by atomic mass is 10.1. The molecule has 110 valence electrons. The molecule has 4 rings (SSSR count). The van der Waals surface area contributed by atoms with E-state index in [-0.39, 0.29) is 23.7 Å². The first kappa shape index (κ1) is 13.0. The van der Waals surface area contributed by atoms with Gasteiger partial charge in [-0.25, -0.2) is 10.5 Å². The van der Waals surface area contributed by atoms with E-state index in [1.54, 1.807) is 5.48 Å². The minimum atomic E-state index is -0.343. The first-order valence-electron chi connectivity index (χ1n) is 7.22. The number of amides is 1. The summed E-state index contributed by atoms with van der Waals surface area (Å²) >= 11 is 0. The number of nitrogens with one attached hydrogen (secondary N) is 1. The summed E-state index contributed by atoms with van der Waals surface area (Å²) in [6, 6.07) is 15.7. The second-order valence-corrected chi connectivity index (χ2v) is 5.58. The van der Waals surface area contributed by atoms with Crippen LogP contribution in [0.4, 0.5) is 0 Å². The Kier molecular flexibility index (Phi) is 2.94. The molecule has 22 heavy (non-hydrogen) atoms. The smallest absolute Gasteiger partial charge is 0.247 e. The summed E-state index contributed by atoms with van der Waals surface area (Å²) in [5.41, 5.74) is 4.76. The van der Waals surface area contributed by atoms with Crippen LogP contribution < -0.4 is 5.48 Å². The fraction of sp³-hybridized carbons (Fsp3) is 0.176. The Bertz CT molecular complexity index is 828. The number of hydrogen-bond donors (Lipinski definition) is 2. The van der Waals surface area contributed by atoms with Crippen molar-refractivity contribution >= 4 is 11.6 Å². The molecule has 0 spiro atoms. The number of hydroxylamine groups is 1. The van der Waals surface area contributed by atoms with Crippen LogP contribution in [-0.4, -0.2) is 20.5 Å². The lowest BCUT2D eigenvalue weighted by molar-refractivity contribution is -0.130. The first-order chi connectivity index (χ1) is 10.8. The summed E-state index contributed by atoms with van der Waals surface area (Å²) in [5.74, 6) is -0.530. The summed E-state index contributed by atoms with van der Waals surface area (Å²) in [7, 11) is 0. The van der Waals surface area contributed by atoms with Gasteiger partial charge in [0.25, 0.3) is 0 Å². The van der Waals surface area contributed by atoms with Crippen molar-refractivity contribution in [3.8, 4) is 0 Å². The van der Waals surface area contributed by atoms with Gasteiger partial charge in [-0.2, -0.15) is 0 Å². The molecule has 0 radical (unpaired) electrons. The molecule has 2 aromatic heterocycles. The molecule has 1 aromatic carbocycles. The highest BCUT2D eigenvalue weighted by Gasteiger charge is 2.57. The number of benzene rings is 1. The van der Waals surface area contributed by atoms with Gasteiger partial charge in [0.05, 0.1) is 5.92 Å². The molecule has 1 amide bonds. The maximum atomic E-state index is 12.0. The molecule has 2 heterocycles. The Morgan fingerprint density at radius 1 is 1.09 bits per heavy atom. The summed E-state index contributed by atoms with van der Waals surface area (Å²) in [6.45, 7) is 0. The van der Waals surface area contributed by atoms with Gasteiger partial charge in [-0.15, -0.1) is 0 Å². The van der Waals surface area contributed by atoms with Gasteiger partial charge in [0.1, 0.15) is 5.65 Å². The van der Waals surface area contributed by atoms with Gasteiger partial charge in [0.15, 0.2) is 0 Å². The number of aromatic nitrogens is 2. The molecule has 5 heteroatoms. The SMILES string of the molecule is O=C(NO)C1C(c2ccccc2)C1c1cnc2ccccn12. The van der Waals surface area contributed by atoms with Crippen molar-refractivity contribution in [1.82, 2.24) is 14.9 Å². The third kappa shape index (κ3) is 1.90. The topological polar surface area (TPSA) is 66.6 Å². The number of nitrogens with zero attached hydrogens (tertiary/aromatic N) is 2. The fourth-order valence-electron chi connectivity index (χ4n) is 3.37. The third-order valence-corrected chi connectivity index (χ3v) is 4.40. The van der Waals surface area contributed by atoms with Crippen LogP contribution in [0.25, 0.3) is 5.65 Å². The molecule has 2 N–H and O–H groups in total. The minimum Gasteiger partial charge on any atom is -0.304 e. The standard InChI is InChI=1S/C17H15N3O2/c21-17(19-22)16-14(11-6-2-1-3-7-11)15(16)12-10-18-13-8-4-5-9-20(12)13/h1-10,14-16,22H,(H,19,21). The van der Waals surface area contributed by atoms with Gasteiger partial charge in [0, 0.05) is 29.9 Å². The van der Waals surface area contributed by atoms with E-state index in [4.69, 9.17) is 5.21 Å². The molecular weight excluding hydrogens is 278 g/mol. The Labute approximate surface area is 127 Å².